The molecule has 0 fully saturated rings. The molecule has 2 aromatic rings. The first-order valence-corrected chi connectivity index (χ1v) is 6.19. The van der Waals surface area contributed by atoms with Crippen molar-refractivity contribution < 1.29 is 18.3 Å². The largest absolute Gasteiger partial charge is 0.416 e. The van der Waals surface area contributed by atoms with Gasteiger partial charge in [0, 0.05) is 11.3 Å². The number of hydrogen-bond acceptors (Lipinski definition) is 2. The second-order valence-corrected chi connectivity index (χ2v) is 4.92. The van der Waals surface area contributed by atoms with Gasteiger partial charge in [0.2, 0.25) is 0 Å². The molecule has 1 aromatic heterocycles. The van der Waals surface area contributed by atoms with Crippen molar-refractivity contribution in [1.82, 2.24) is 10.2 Å². The Morgan fingerprint density at radius 1 is 1.15 bits per heavy atom. The number of alkyl halides is 3. The maximum Gasteiger partial charge on any atom is 0.416 e. The molecule has 0 radical (unpaired) electrons. The Labute approximate surface area is 114 Å². The van der Waals surface area contributed by atoms with E-state index in [-0.39, 0.29) is 5.92 Å². The van der Waals surface area contributed by atoms with Crippen molar-refractivity contribution in [2.45, 2.75) is 32.0 Å². The topological polar surface area (TPSA) is 48.9 Å². The highest BCUT2D eigenvalue weighted by atomic mass is 19.4. The number of aromatic nitrogens is 2. The van der Waals surface area contributed by atoms with Gasteiger partial charge in [0.1, 0.15) is 6.10 Å². The first-order chi connectivity index (χ1) is 9.30. The lowest BCUT2D eigenvalue weighted by molar-refractivity contribution is -0.137. The van der Waals surface area contributed by atoms with Crippen LogP contribution in [-0.2, 0) is 6.18 Å². The van der Waals surface area contributed by atoms with E-state index in [4.69, 9.17) is 0 Å². The molecule has 0 spiro atoms. The SMILES string of the molecule is CC(C)c1[nH]ncc1C(O)c1ccc(C(F)(F)F)cc1. The predicted molar refractivity (Wildman–Crippen MR) is 68.2 cm³/mol. The van der Waals surface area contributed by atoms with Crippen molar-refractivity contribution in [2.75, 3.05) is 0 Å². The number of aliphatic hydroxyl groups is 1. The van der Waals surface area contributed by atoms with Gasteiger partial charge in [-0.2, -0.15) is 18.3 Å². The van der Waals surface area contributed by atoms with Crippen LogP contribution in [0.2, 0.25) is 0 Å². The van der Waals surface area contributed by atoms with Crippen LogP contribution in [0.4, 0.5) is 13.2 Å². The predicted octanol–water partition coefficient (Wildman–Crippen LogP) is 3.63. The van der Waals surface area contributed by atoms with Crippen LogP contribution in [0.5, 0.6) is 0 Å². The fraction of sp³-hybridized carbons (Fsp3) is 0.357. The van der Waals surface area contributed by atoms with E-state index < -0.39 is 17.8 Å². The third-order valence-corrected chi connectivity index (χ3v) is 3.13. The molecular formula is C14H15F3N2O. The van der Waals surface area contributed by atoms with E-state index in [2.05, 4.69) is 10.2 Å². The number of rotatable bonds is 3. The third kappa shape index (κ3) is 2.85. The van der Waals surface area contributed by atoms with Crippen LogP contribution in [0, 0.1) is 0 Å². The number of nitrogens with zero attached hydrogens (tertiary/aromatic N) is 1. The summed E-state index contributed by atoms with van der Waals surface area (Å²) in [4.78, 5) is 0. The van der Waals surface area contributed by atoms with Crippen LogP contribution in [0.1, 0.15) is 48.3 Å². The van der Waals surface area contributed by atoms with Crippen molar-refractivity contribution in [3.05, 3.63) is 52.8 Å². The normalized spacial score (nSPS) is 13.8. The van der Waals surface area contributed by atoms with E-state index in [9.17, 15) is 18.3 Å². The smallest absolute Gasteiger partial charge is 0.384 e. The summed E-state index contributed by atoms with van der Waals surface area (Å²) in [6, 6.07) is 4.50. The Morgan fingerprint density at radius 2 is 1.75 bits per heavy atom. The van der Waals surface area contributed by atoms with Gasteiger partial charge < -0.3 is 5.11 Å². The molecule has 1 heterocycles. The first-order valence-electron chi connectivity index (χ1n) is 6.19. The van der Waals surface area contributed by atoms with Gasteiger partial charge in [0.25, 0.3) is 0 Å². The summed E-state index contributed by atoms with van der Waals surface area (Å²) in [6.07, 6.45) is -3.87. The van der Waals surface area contributed by atoms with Crippen molar-refractivity contribution in [2.24, 2.45) is 0 Å². The van der Waals surface area contributed by atoms with Crippen molar-refractivity contribution in [3.8, 4) is 0 Å². The average Bonchev–Trinajstić information content (AvgIpc) is 2.86. The van der Waals surface area contributed by atoms with Gasteiger partial charge in [-0.1, -0.05) is 26.0 Å². The van der Waals surface area contributed by atoms with Crippen molar-refractivity contribution >= 4 is 0 Å². The second-order valence-electron chi connectivity index (χ2n) is 4.92. The van der Waals surface area contributed by atoms with Crippen LogP contribution in [0.15, 0.2) is 30.5 Å². The maximum absolute atomic E-state index is 12.5. The molecular weight excluding hydrogens is 269 g/mol. The van der Waals surface area contributed by atoms with Crippen LogP contribution in [0.3, 0.4) is 0 Å². The summed E-state index contributed by atoms with van der Waals surface area (Å²) in [6.45, 7) is 3.88. The molecule has 2 N–H and O–H groups in total. The van der Waals surface area contributed by atoms with E-state index in [0.29, 0.717) is 11.1 Å². The Hall–Kier alpha value is -1.82. The summed E-state index contributed by atoms with van der Waals surface area (Å²) in [5, 5.41) is 16.9. The van der Waals surface area contributed by atoms with E-state index in [1.807, 2.05) is 13.8 Å². The van der Waals surface area contributed by atoms with Gasteiger partial charge in [-0.15, -0.1) is 0 Å². The molecule has 0 aliphatic rings. The quantitative estimate of drug-likeness (QED) is 0.904. The monoisotopic (exact) mass is 284 g/mol. The summed E-state index contributed by atoms with van der Waals surface area (Å²) >= 11 is 0. The Kier molecular flexibility index (Phi) is 3.85. The molecule has 6 heteroatoms. The van der Waals surface area contributed by atoms with E-state index in [0.717, 1.165) is 17.8 Å². The minimum absolute atomic E-state index is 0.136. The van der Waals surface area contributed by atoms with Crippen molar-refractivity contribution in [3.63, 3.8) is 0 Å². The van der Waals surface area contributed by atoms with Gasteiger partial charge >= 0.3 is 6.18 Å². The zero-order chi connectivity index (χ0) is 14.9. The summed E-state index contributed by atoms with van der Waals surface area (Å²) in [5.41, 5.74) is 1.03. The summed E-state index contributed by atoms with van der Waals surface area (Å²) in [5.74, 6) is 0.136. The number of halogens is 3. The maximum atomic E-state index is 12.5. The third-order valence-electron chi connectivity index (χ3n) is 3.13. The highest BCUT2D eigenvalue weighted by molar-refractivity contribution is 5.34. The van der Waals surface area contributed by atoms with E-state index in [1.54, 1.807) is 0 Å². The Bertz CT molecular complexity index is 573. The minimum Gasteiger partial charge on any atom is -0.384 e. The molecule has 20 heavy (non-hydrogen) atoms. The lowest BCUT2D eigenvalue weighted by atomic mass is 9.97. The standard InChI is InChI=1S/C14H15F3N2O/c1-8(2)12-11(7-18-19-12)13(20)9-3-5-10(6-4-9)14(15,16)17/h3-8,13,20H,1-2H3,(H,18,19). The van der Waals surface area contributed by atoms with Crippen LogP contribution in [-0.4, -0.2) is 15.3 Å². The van der Waals surface area contributed by atoms with Crippen LogP contribution < -0.4 is 0 Å². The number of H-pyrrole nitrogens is 1. The molecule has 0 aliphatic heterocycles. The van der Waals surface area contributed by atoms with Crippen LogP contribution >= 0.6 is 0 Å². The number of nitrogens with one attached hydrogen (secondary N) is 1. The van der Waals surface area contributed by atoms with Gasteiger partial charge in [-0.05, 0) is 23.6 Å². The Balaban J connectivity index is 2.29. The highest BCUT2D eigenvalue weighted by Crippen LogP contribution is 2.32. The highest BCUT2D eigenvalue weighted by Gasteiger charge is 2.30. The fourth-order valence-electron chi connectivity index (χ4n) is 2.02. The van der Waals surface area contributed by atoms with E-state index >= 15 is 0 Å². The molecule has 3 nitrogen and oxygen atoms in total. The molecule has 0 saturated carbocycles. The fourth-order valence-corrected chi connectivity index (χ4v) is 2.02. The van der Waals surface area contributed by atoms with Gasteiger partial charge in [0.05, 0.1) is 11.8 Å². The molecule has 0 saturated heterocycles. The number of aromatic amines is 1. The molecule has 1 unspecified atom stereocenters. The molecule has 0 aliphatic carbocycles. The molecule has 0 amide bonds. The van der Waals surface area contributed by atoms with Gasteiger partial charge in [-0.25, -0.2) is 0 Å². The molecule has 0 bridgehead atoms. The van der Waals surface area contributed by atoms with Gasteiger partial charge in [-0.3, -0.25) is 5.10 Å². The lowest BCUT2D eigenvalue weighted by Crippen LogP contribution is -2.07. The van der Waals surface area contributed by atoms with Crippen LogP contribution in [0.25, 0.3) is 0 Å². The summed E-state index contributed by atoms with van der Waals surface area (Å²) in [7, 11) is 0. The van der Waals surface area contributed by atoms with Crippen molar-refractivity contribution in [1.29, 1.82) is 0 Å². The first kappa shape index (κ1) is 14.6. The Morgan fingerprint density at radius 3 is 2.25 bits per heavy atom. The average molecular weight is 284 g/mol. The molecule has 1 aromatic carbocycles. The minimum atomic E-state index is -4.37. The molecule has 108 valence electrons. The summed E-state index contributed by atoms with van der Waals surface area (Å²) < 4.78 is 37.5. The number of benzene rings is 1. The second kappa shape index (κ2) is 5.28. The van der Waals surface area contributed by atoms with E-state index in [1.165, 1.54) is 18.3 Å². The zero-order valence-electron chi connectivity index (χ0n) is 11.1. The molecule has 1 atom stereocenters. The number of hydrogen-bond donors (Lipinski definition) is 2. The van der Waals surface area contributed by atoms with Gasteiger partial charge in [0.15, 0.2) is 0 Å². The number of aliphatic hydroxyl groups excluding tert-OH is 1. The zero-order valence-corrected chi connectivity index (χ0v) is 11.1. The molecule has 2 rings (SSSR count). The lowest BCUT2D eigenvalue weighted by Gasteiger charge is -2.14.